The van der Waals surface area contributed by atoms with Crippen LogP contribution in [0.5, 0.6) is 0 Å². The second kappa shape index (κ2) is 14.7. The lowest BCUT2D eigenvalue weighted by Crippen LogP contribution is -2.54. The van der Waals surface area contributed by atoms with Crippen LogP contribution in [0.4, 0.5) is 4.79 Å². The van der Waals surface area contributed by atoms with Gasteiger partial charge in [0.1, 0.15) is 17.7 Å². The van der Waals surface area contributed by atoms with Crippen LogP contribution in [0.3, 0.4) is 0 Å². The largest absolute Gasteiger partial charge is 0.444 e. The van der Waals surface area contributed by atoms with E-state index in [0.717, 1.165) is 41.5 Å². The molecule has 0 saturated heterocycles. The average Bonchev–Trinajstić information content (AvgIpc) is 2.81. The predicted octanol–water partition coefficient (Wildman–Crippen LogP) is 6.02. The third-order valence-corrected chi connectivity index (χ3v) is 6.11. The highest BCUT2D eigenvalue weighted by Crippen LogP contribution is 2.26. The number of ether oxygens (including phenoxy) is 1. The molecule has 2 rings (SSSR count). The van der Waals surface area contributed by atoms with Gasteiger partial charge in [0, 0.05) is 19.0 Å². The van der Waals surface area contributed by atoms with Gasteiger partial charge in [0.15, 0.2) is 0 Å². The molecule has 2 aromatic carbocycles. The second-order valence-electron chi connectivity index (χ2n) is 11.6. The third-order valence-electron chi connectivity index (χ3n) is 6.11. The molecule has 2 N–H and O–H groups in total. The van der Waals surface area contributed by atoms with Crippen LogP contribution >= 0.6 is 0 Å². The molecule has 0 radical (unpaired) electrons. The lowest BCUT2D eigenvalue weighted by atomic mass is 9.97. The van der Waals surface area contributed by atoms with Crippen molar-refractivity contribution in [2.75, 3.05) is 6.54 Å². The Kier molecular flexibility index (Phi) is 12.0. The van der Waals surface area contributed by atoms with Crippen LogP contribution in [0.15, 0.2) is 48.5 Å². The summed E-state index contributed by atoms with van der Waals surface area (Å²) in [5.74, 6) is -0.556. The van der Waals surface area contributed by atoms with Gasteiger partial charge in [-0.05, 0) is 66.0 Å². The Morgan fingerprint density at radius 3 is 2.08 bits per heavy atom. The lowest BCUT2D eigenvalue weighted by Gasteiger charge is -2.35. The maximum atomic E-state index is 14.4. The summed E-state index contributed by atoms with van der Waals surface area (Å²) in [6.45, 7) is 15.6. The first-order valence-electron chi connectivity index (χ1n) is 14.0. The topological polar surface area (TPSA) is 87.7 Å². The molecule has 0 fully saturated rings. The van der Waals surface area contributed by atoms with Crippen LogP contribution in [0.2, 0.25) is 0 Å². The normalized spacial score (nSPS) is 12.9. The molecule has 0 saturated carbocycles. The molecular weight excluding hydrogens is 490 g/mol. The molecule has 0 aromatic heterocycles. The first-order valence-corrected chi connectivity index (χ1v) is 14.0. The van der Waals surface area contributed by atoms with E-state index in [1.54, 1.807) is 25.7 Å². The number of nitrogens with one attached hydrogen (secondary N) is 2. The quantitative estimate of drug-likeness (QED) is 0.324. The van der Waals surface area contributed by atoms with Gasteiger partial charge in [0.05, 0.1) is 0 Å². The Labute approximate surface area is 234 Å². The molecule has 3 amide bonds. The summed E-state index contributed by atoms with van der Waals surface area (Å²) in [6.07, 6.45) is 2.23. The van der Waals surface area contributed by atoms with E-state index in [9.17, 15) is 14.4 Å². The minimum absolute atomic E-state index is 0.0986. The summed E-state index contributed by atoms with van der Waals surface area (Å²) < 4.78 is 5.51. The molecule has 39 heavy (non-hydrogen) atoms. The molecule has 214 valence electrons. The number of hydrogen-bond donors (Lipinski definition) is 2. The van der Waals surface area contributed by atoms with Gasteiger partial charge in [-0.25, -0.2) is 4.79 Å². The van der Waals surface area contributed by atoms with Crippen molar-refractivity contribution in [1.82, 2.24) is 15.5 Å². The molecule has 7 nitrogen and oxygen atoms in total. The first kappa shape index (κ1) is 31.9. The standard InChI is InChI=1S/C32H47N3O4/c1-9-10-14-17-35(28(29(36)33-22(2)3)26-19-23(4)18-24(5)20-26)30(37)27(21-25-15-12-11-13-16-25)34-31(38)39-32(6,7)8/h11-13,15-16,18-20,22,27-28H,9-10,14,17,21H2,1-8H3,(H,33,36)(H,34,38). The molecule has 2 aromatic rings. The van der Waals surface area contributed by atoms with E-state index in [1.807, 2.05) is 76.2 Å². The van der Waals surface area contributed by atoms with Gasteiger partial charge in [-0.15, -0.1) is 0 Å². The van der Waals surface area contributed by atoms with E-state index in [-0.39, 0.29) is 24.3 Å². The molecule has 2 atom stereocenters. The minimum atomic E-state index is -0.913. The van der Waals surface area contributed by atoms with Crippen LogP contribution in [0, 0.1) is 13.8 Å². The van der Waals surface area contributed by atoms with E-state index in [4.69, 9.17) is 4.74 Å². The first-order chi connectivity index (χ1) is 18.3. The Morgan fingerprint density at radius 1 is 0.923 bits per heavy atom. The molecular formula is C32H47N3O4. The number of unbranched alkanes of at least 4 members (excludes halogenated alkanes) is 2. The molecule has 0 aliphatic heterocycles. The molecule has 0 spiro atoms. The third kappa shape index (κ3) is 10.7. The summed E-state index contributed by atoms with van der Waals surface area (Å²) in [6, 6.07) is 13.7. The molecule has 7 heteroatoms. The van der Waals surface area contributed by atoms with Crippen LogP contribution in [0.25, 0.3) is 0 Å². The van der Waals surface area contributed by atoms with Gasteiger partial charge in [-0.3, -0.25) is 9.59 Å². The number of carbonyl (C=O) groups excluding carboxylic acids is 3. The van der Waals surface area contributed by atoms with E-state index in [0.29, 0.717) is 6.54 Å². The smallest absolute Gasteiger partial charge is 0.408 e. The zero-order valence-corrected chi connectivity index (χ0v) is 25.0. The SMILES string of the molecule is CCCCCN(C(=O)C(Cc1ccccc1)NC(=O)OC(C)(C)C)C(C(=O)NC(C)C)c1cc(C)cc(C)c1. The number of carbonyl (C=O) groups is 3. The fourth-order valence-electron chi connectivity index (χ4n) is 4.60. The van der Waals surface area contributed by atoms with E-state index < -0.39 is 23.8 Å². The molecule has 0 bridgehead atoms. The monoisotopic (exact) mass is 537 g/mol. The molecule has 0 heterocycles. The van der Waals surface area contributed by atoms with E-state index >= 15 is 0 Å². The van der Waals surface area contributed by atoms with Crippen molar-refractivity contribution in [3.8, 4) is 0 Å². The maximum Gasteiger partial charge on any atom is 0.408 e. The van der Waals surface area contributed by atoms with Gasteiger partial charge in [0.25, 0.3) is 0 Å². The van der Waals surface area contributed by atoms with E-state index in [2.05, 4.69) is 17.6 Å². The van der Waals surface area contributed by atoms with Crippen LogP contribution < -0.4 is 10.6 Å². The summed E-state index contributed by atoms with van der Waals surface area (Å²) >= 11 is 0. The highest BCUT2D eigenvalue weighted by molar-refractivity contribution is 5.92. The molecule has 0 aliphatic rings. The van der Waals surface area contributed by atoms with Gasteiger partial charge in [-0.2, -0.15) is 0 Å². The minimum Gasteiger partial charge on any atom is -0.444 e. The molecule has 2 unspecified atom stereocenters. The van der Waals surface area contributed by atoms with Crippen molar-refractivity contribution in [3.05, 3.63) is 70.8 Å². The van der Waals surface area contributed by atoms with Crippen molar-refractivity contribution < 1.29 is 19.1 Å². The van der Waals surface area contributed by atoms with Crippen molar-refractivity contribution in [2.45, 2.75) is 105 Å². The zero-order valence-electron chi connectivity index (χ0n) is 25.0. The molecule has 0 aliphatic carbocycles. The zero-order chi connectivity index (χ0) is 29.2. The van der Waals surface area contributed by atoms with Crippen molar-refractivity contribution in [2.24, 2.45) is 0 Å². The van der Waals surface area contributed by atoms with Gasteiger partial charge < -0.3 is 20.3 Å². The number of amides is 3. The van der Waals surface area contributed by atoms with Crippen molar-refractivity contribution in [1.29, 1.82) is 0 Å². The number of rotatable bonds is 12. The Balaban J connectivity index is 2.58. The fraction of sp³-hybridized carbons (Fsp3) is 0.531. The summed E-state index contributed by atoms with van der Waals surface area (Å²) in [7, 11) is 0. The predicted molar refractivity (Wildman–Crippen MR) is 156 cm³/mol. The number of hydrogen-bond acceptors (Lipinski definition) is 4. The highest BCUT2D eigenvalue weighted by Gasteiger charge is 2.36. The van der Waals surface area contributed by atoms with E-state index in [1.165, 1.54) is 0 Å². The summed E-state index contributed by atoms with van der Waals surface area (Å²) in [4.78, 5) is 42.6. The Morgan fingerprint density at radius 2 is 1.54 bits per heavy atom. The average molecular weight is 538 g/mol. The van der Waals surface area contributed by atoms with Crippen LogP contribution in [-0.2, 0) is 20.7 Å². The highest BCUT2D eigenvalue weighted by atomic mass is 16.6. The summed E-state index contributed by atoms with van der Waals surface area (Å²) in [5.41, 5.74) is 2.97. The van der Waals surface area contributed by atoms with Crippen LogP contribution in [0.1, 0.15) is 89.1 Å². The number of nitrogens with zero attached hydrogens (tertiary/aromatic N) is 1. The fourth-order valence-corrected chi connectivity index (χ4v) is 4.60. The number of alkyl carbamates (subject to hydrolysis) is 1. The Hall–Kier alpha value is -3.35. The maximum absolute atomic E-state index is 14.4. The number of aryl methyl sites for hydroxylation is 2. The van der Waals surface area contributed by atoms with Gasteiger partial charge in [-0.1, -0.05) is 79.4 Å². The second-order valence-corrected chi connectivity index (χ2v) is 11.6. The van der Waals surface area contributed by atoms with Crippen molar-refractivity contribution >= 4 is 17.9 Å². The summed E-state index contributed by atoms with van der Waals surface area (Å²) in [5, 5.41) is 5.84. The Bertz CT molecular complexity index is 1070. The van der Waals surface area contributed by atoms with Crippen molar-refractivity contribution in [3.63, 3.8) is 0 Å². The van der Waals surface area contributed by atoms with Crippen LogP contribution in [-0.4, -0.2) is 47.0 Å². The lowest BCUT2D eigenvalue weighted by molar-refractivity contribution is -0.142. The van der Waals surface area contributed by atoms with Gasteiger partial charge in [0.2, 0.25) is 11.8 Å². The number of benzene rings is 2. The van der Waals surface area contributed by atoms with Gasteiger partial charge >= 0.3 is 6.09 Å².